The first-order valence-electron chi connectivity index (χ1n) is 5.97. The van der Waals surface area contributed by atoms with Gasteiger partial charge in [0.25, 0.3) is 5.91 Å². The van der Waals surface area contributed by atoms with Crippen molar-refractivity contribution in [3.8, 4) is 6.07 Å². The Labute approximate surface area is 116 Å². The van der Waals surface area contributed by atoms with E-state index in [9.17, 15) is 4.79 Å². The van der Waals surface area contributed by atoms with E-state index in [1.807, 2.05) is 0 Å². The van der Waals surface area contributed by atoms with E-state index in [0.717, 1.165) is 0 Å². The standard InChI is InChI=1S/C15H13N3O2/c16-10-11(7-8-12-4-3-9-20-12)18-14-6-2-1-5-13(14)15(17)19/h1-9,11,18H,(H2,17,19)/b8-7+. The van der Waals surface area contributed by atoms with Crippen LogP contribution in [-0.4, -0.2) is 11.9 Å². The number of para-hydroxylation sites is 1. The van der Waals surface area contributed by atoms with Crippen molar-refractivity contribution in [2.24, 2.45) is 5.73 Å². The number of furan rings is 1. The molecule has 100 valence electrons. The Balaban J connectivity index is 2.15. The summed E-state index contributed by atoms with van der Waals surface area (Å²) in [4.78, 5) is 11.3. The number of hydrogen-bond acceptors (Lipinski definition) is 4. The predicted molar refractivity (Wildman–Crippen MR) is 75.7 cm³/mol. The minimum absolute atomic E-state index is 0.346. The fourth-order valence-electron chi connectivity index (χ4n) is 1.69. The van der Waals surface area contributed by atoms with Crippen molar-refractivity contribution in [3.63, 3.8) is 0 Å². The number of anilines is 1. The number of nitrogens with one attached hydrogen (secondary N) is 1. The average molecular weight is 267 g/mol. The number of rotatable bonds is 5. The van der Waals surface area contributed by atoms with E-state index in [4.69, 9.17) is 15.4 Å². The quantitative estimate of drug-likeness (QED) is 0.870. The van der Waals surface area contributed by atoms with Gasteiger partial charge in [0, 0.05) is 5.69 Å². The summed E-state index contributed by atoms with van der Waals surface area (Å²) in [6.45, 7) is 0. The maximum atomic E-state index is 11.3. The summed E-state index contributed by atoms with van der Waals surface area (Å²) >= 11 is 0. The fraction of sp³-hybridized carbons (Fsp3) is 0.0667. The summed E-state index contributed by atoms with van der Waals surface area (Å²) in [6.07, 6.45) is 4.89. The van der Waals surface area contributed by atoms with Crippen LogP contribution in [0.4, 0.5) is 5.69 Å². The molecule has 0 spiro atoms. The molecule has 0 bridgehead atoms. The SMILES string of the molecule is N#CC(/C=C/c1ccco1)Nc1ccccc1C(N)=O. The summed E-state index contributed by atoms with van der Waals surface area (Å²) in [5.41, 5.74) is 6.16. The Morgan fingerprint density at radius 1 is 1.35 bits per heavy atom. The number of hydrogen-bond donors (Lipinski definition) is 2. The molecule has 1 aromatic carbocycles. The van der Waals surface area contributed by atoms with Crippen LogP contribution >= 0.6 is 0 Å². The van der Waals surface area contributed by atoms with Crippen LogP contribution < -0.4 is 11.1 Å². The van der Waals surface area contributed by atoms with Gasteiger partial charge in [-0.1, -0.05) is 12.1 Å². The minimum Gasteiger partial charge on any atom is -0.465 e. The summed E-state index contributed by atoms with van der Waals surface area (Å²) in [6, 6.07) is 11.8. The lowest BCUT2D eigenvalue weighted by atomic mass is 10.1. The van der Waals surface area contributed by atoms with Crippen molar-refractivity contribution < 1.29 is 9.21 Å². The summed E-state index contributed by atoms with van der Waals surface area (Å²) < 4.78 is 5.14. The highest BCUT2D eigenvalue weighted by Gasteiger charge is 2.10. The number of nitriles is 1. The second kappa shape index (κ2) is 6.25. The summed E-state index contributed by atoms with van der Waals surface area (Å²) in [5.74, 6) is 0.107. The molecule has 3 N–H and O–H groups in total. The van der Waals surface area contributed by atoms with Crippen LogP contribution in [0.25, 0.3) is 6.08 Å². The molecule has 0 radical (unpaired) electrons. The highest BCUT2D eigenvalue weighted by molar-refractivity contribution is 5.98. The molecule has 20 heavy (non-hydrogen) atoms. The van der Waals surface area contributed by atoms with Gasteiger partial charge in [0.2, 0.25) is 0 Å². The first-order chi connectivity index (χ1) is 9.70. The summed E-state index contributed by atoms with van der Waals surface area (Å²) in [5, 5.41) is 12.1. The van der Waals surface area contributed by atoms with Gasteiger partial charge in [0.15, 0.2) is 0 Å². The number of carbonyl (C=O) groups excluding carboxylic acids is 1. The van der Waals surface area contributed by atoms with E-state index in [2.05, 4.69) is 11.4 Å². The molecule has 1 atom stereocenters. The molecule has 1 heterocycles. The van der Waals surface area contributed by atoms with Gasteiger partial charge in [-0.2, -0.15) is 5.26 Å². The third-order valence-electron chi connectivity index (χ3n) is 2.64. The highest BCUT2D eigenvalue weighted by atomic mass is 16.3. The van der Waals surface area contributed by atoms with Crippen molar-refractivity contribution in [1.29, 1.82) is 5.26 Å². The number of carbonyl (C=O) groups is 1. The number of primary amides is 1. The molecule has 0 saturated heterocycles. The lowest BCUT2D eigenvalue weighted by Crippen LogP contribution is -2.19. The molecule has 1 aromatic heterocycles. The Morgan fingerprint density at radius 2 is 2.15 bits per heavy atom. The maximum Gasteiger partial charge on any atom is 0.250 e. The van der Waals surface area contributed by atoms with Gasteiger partial charge >= 0.3 is 0 Å². The predicted octanol–water partition coefficient (Wildman–Crippen LogP) is 2.40. The molecule has 0 aliphatic heterocycles. The van der Waals surface area contributed by atoms with Gasteiger partial charge in [-0.25, -0.2) is 0 Å². The number of benzene rings is 1. The fourth-order valence-corrected chi connectivity index (χ4v) is 1.69. The van der Waals surface area contributed by atoms with Crippen molar-refractivity contribution in [1.82, 2.24) is 0 Å². The van der Waals surface area contributed by atoms with Crippen LogP contribution in [0.1, 0.15) is 16.1 Å². The van der Waals surface area contributed by atoms with E-state index < -0.39 is 11.9 Å². The maximum absolute atomic E-state index is 11.3. The lowest BCUT2D eigenvalue weighted by molar-refractivity contribution is 0.100. The van der Waals surface area contributed by atoms with Gasteiger partial charge in [-0.05, 0) is 36.4 Å². The number of nitrogens with two attached hydrogens (primary N) is 1. The second-order valence-corrected chi connectivity index (χ2v) is 4.04. The topological polar surface area (TPSA) is 92.1 Å². The number of amides is 1. The molecular weight excluding hydrogens is 254 g/mol. The molecular formula is C15H13N3O2. The highest BCUT2D eigenvalue weighted by Crippen LogP contribution is 2.16. The van der Waals surface area contributed by atoms with Crippen molar-refractivity contribution in [3.05, 3.63) is 60.1 Å². The Morgan fingerprint density at radius 3 is 2.80 bits per heavy atom. The van der Waals surface area contributed by atoms with Crippen LogP contribution in [0.15, 0.2) is 53.2 Å². The van der Waals surface area contributed by atoms with E-state index >= 15 is 0 Å². The van der Waals surface area contributed by atoms with Gasteiger partial charge < -0.3 is 15.5 Å². The molecule has 5 heteroatoms. The van der Waals surface area contributed by atoms with Crippen molar-refractivity contribution in [2.45, 2.75) is 6.04 Å². The van der Waals surface area contributed by atoms with E-state index in [1.165, 1.54) is 0 Å². The molecule has 0 fully saturated rings. The third-order valence-corrected chi connectivity index (χ3v) is 2.64. The zero-order chi connectivity index (χ0) is 14.4. The molecule has 2 aromatic rings. The zero-order valence-electron chi connectivity index (χ0n) is 10.6. The van der Waals surface area contributed by atoms with E-state index in [-0.39, 0.29) is 0 Å². The largest absolute Gasteiger partial charge is 0.465 e. The van der Waals surface area contributed by atoms with E-state index in [0.29, 0.717) is 17.0 Å². The summed E-state index contributed by atoms with van der Waals surface area (Å²) in [7, 11) is 0. The Kier molecular flexibility index (Phi) is 4.20. The number of nitrogens with zero attached hydrogens (tertiary/aromatic N) is 1. The minimum atomic E-state index is -0.597. The average Bonchev–Trinajstić information content (AvgIpc) is 2.97. The Hall–Kier alpha value is -3.00. The molecule has 0 saturated carbocycles. The van der Waals surface area contributed by atoms with Gasteiger partial charge in [0.1, 0.15) is 11.8 Å². The first-order valence-corrected chi connectivity index (χ1v) is 5.97. The van der Waals surface area contributed by atoms with Gasteiger partial charge in [-0.3, -0.25) is 4.79 Å². The van der Waals surface area contributed by atoms with Crippen LogP contribution in [0, 0.1) is 11.3 Å². The lowest BCUT2D eigenvalue weighted by Gasteiger charge is -2.11. The normalized spacial score (nSPS) is 11.9. The van der Waals surface area contributed by atoms with Gasteiger partial charge in [-0.15, -0.1) is 0 Å². The van der Waals surface area contributed by atoms with Crippen LogP contribution in [0.3, 0.4) is 0 Å². The zero-order valence-corrected chi connectivity index (χ0v) is 10.6. The van der Waals surface area contributed by atoms with Crippen LogP contribution in [0.2, 0.25) is 0 Å². The van der Waals surface area contributed by atoms with Gasteiger partial charge in [0.05, 0.1) is 17.9 Å². The molecule has 1 unspecified atom stereocenters. The Bertz CT molecular complexity index is 654. The van der Waals surface area contributed by atoms with Crippen molar-refractivity contribution >= 4 is 17.7 Å². The molecule has 1 amide bonds. The molecule has 0 aliphatic rings. The van der Waals surface area contributed by atoms with E-state index in [1.54, 1.807) is 54.8 Å². The smallest absolute Gasteiger partial charge is 0.250 e. The second-order valence-electron chi connectivity index (χ2n) is 4.04. The monoisotopic (exact) mass is 267 g/mol. The molecule has 2 rings (SSSR count). The molecule has 0 aliphatic carbocycles. The van der Waals surface area contributed by atoms with Crippen molar-refractivity contribution in [2.75, 3.05) is 5.32 Å². The first kappa shape index (κ1) is 13.4. The van der Waals surface area contributed by atoms with Crippen LogP contribution in [-0.2, 0) is 0 Å². The molecule has 5 nitrogen and oxygen atoms in total. The van der Waals surface area contributed by atoms with Crippen LogP contribution in [0.5, 0.6) is 0 Å². The third kappa shape index (κ3) is 3.27.